The van der Waals surface area contributed by atoms with Gasteiger partial charge in [-0.3, -0.25) is 9.36 Å². The van der Waals surface area contributed by atoms with Gasteiger partial charge in [0.05, 0.1) is 35.1 Å². The van der Waals surface area contributed by atoms with Crippen molar-refractivity contribution in [3.05, 3.63) is 94.6 Å². The number of carbonyl (C=O) groups is 1. The Kier molecular flexibility index (Phi) is 8.31. The first-order valence-corrected chi connectivity index (χ1v) is 12.8. The molecule has 1 aliphatic rings. The third kappa shape index (κ3) is 5.42. The monoisotopic (exact) mass is 546 g/mol. The van der Waals surface area contributed by atoms with E-state index in [4.69, 9.17) is 37.4 Å². The standard InChI is InChI=1S/C26H24Cl2N2O5S/c1-4-34-20-10-9-19(28)13-17(20)14-21-24(31)30-23(16-5-7-18(27)8-6-16)22(15(2)29-26(30)36-21)25(32)35-12-11-33-3/h5-10,13-14,23H,4,11-12H2,1-3H3. The van der Waals surface area contributed by atoms with Crippen LogP contribution in [0.25, 0.3) is 6.08 Å². The molecule has 0 amide bonds. The van der Waals surface area contributed by atoms with E-state index in [1.807, 2.05) is 6.92 Å². The Hall–Kier alpha value is -2.91. The van der Waals surface area contributed by atoms with Gasteiger partial charge in [0.2, 0.25) is 0 Å². The van der Waals surface area contributed by atoms with Crippen LogP contribution in [0.3, 0.4) is 0 Å². The van der Waals surface area contributed by atoms with Crippen LogP contribution in [-0.2, 0) is 14.3 Å². The second-order valence-electron chi connectivity index (χ2n) is 7.88. The first-order valence-electron chi connectivity index (χ1n) is 11.2. The fourth-order valence-electron chi connectivity index (χ4n) is 3.90. The molecular weight excluding hydrogens is 523 g/mol. The van der Waals surface area contributed by atoms with Crippen LogP contribution in [0.15, 0.2) is 63.5 Å². The number of carbonyl (C=O) groups excluding carboxylic acids is 1. The van der Waals surface area contributed by atoms with Crippen LogP contribution in [0.1, 0.15) is 31.0 Å². The fourth-order valence-corrected chi connectivity index (χ4v) is 5.24. The van der Waals surface area contributed by atoms with Crippen molar-refractivity contribution in [2.45, 2.75) is 19.9 Å². The minimum Gasteiger partial charge on any atom is -0.493 e. The highest BCUT2D eigenvalue weighted by Gasteiger charge is 2.33. The molecule has 0 aliphatic carbocycles. The third-order valence-corrected chi connectivity index (χ3v) is 6.98. The van der Waals surface area contributed by atoms with E-state index < -0.39 is 12.0 Å². The molecule has 0 saturated heterocycles. The van der Waals surface area contributed by atoms with Crippen molar-refractivity contribution in [1.29, 1.82) is 0 Å². The van der Waals surface area contributed by atoms with Crippen molar-refractivity contribution in [2.24, 2.45) is 4.99 Å². The molecular formula is C26H24Cl2N2O5S. The van der Waals surface area contributed by atoms with E-state index in [0.29, 0.717) is 48.6 Å². The topological polar surface area (TPSA) is 79.1 Å². The summed E-state index contributed by atoms with van der Waals surface area (Å²) < 4.78 is 18.1. The number of methoxy groups -OCH3 is 1. The summed E-state index contributed by atoms with van der Waals surface area (Å²) >= 11 is 13.6. The Balaban J connectivity index is 1.90. The highest BCUT2D eigenvalue weighted by Crippen LogP contribution is 2.31. The second-order valence-corrected chi connectivity index (χ2v) is 9.76. The smallest absolute Gasteiger partial charge is 0.338 e. The molecule has 7 nitrogen and oxygen atoms in total. The molecule has 2 heterocycles. The van der Waals surface area contributed by atoms with Gasteiger partial charge in [0.15, 0.2) is 4.80 Å². The zero-order chi connectivity index (χ0) is 25.8. The van der Waals surface area contributed by atoms with E-state index in [9.17, 15) is 9.59 Å². The number of rotatable bonds is 8. The van der Waals surface area contributed by atoms with Crippen LogP contribution in [0.4, 0.5) is 0 Å². The van der Waals surface area contributed by atoms with Crippen molar-refractivity contribution in [1.82, 2.24) is 4.57 Å². The summed E-state index contributed by atoms with van der Waals surface area (Å²) in [5.41, 5.74) is 1.84. The van der Waals surface area contributed by atoms with E-state index in [0.717, 1.165) is 0 Å². The van der Waals surface area contributed by atoms with Crippen LogP contribution >= 0.6 is 34.5 Å². The van der Waals surface area contributed by atoms with E-state index in [1.54, 1.807) is 55.5 Å². The van der Waals surface area contributed by atoms with E-state index in [-0.39, 0.29) is 24.3 Å². The summed E-state index contributed by atoms with van der Waals surface area (Å²) in [6.07, 6.45) is 1.73. The molecule has 3 aromatic rings. The number of aromatic nitrogens is 1. The molecule has 10 heteroatoms. The maximum absolute atomic E-state index is 13.7. The molecule has 1 aromatic heterocycles. The van der Waals surface area contributed by atoms with Gasteiger partial charge < -0.3 is 14.2 Å². The minimum atomic E-state index is -0.735. The molecule has 0 bridgehead atoms. The lowest BCUT2D eigenvalue weighted by atomic mass is 9.96. The molecule has 0 N–H and O–H groups in total. The summed E-state index contributed by atoms with van der Waals surface area (Å²) in [4.78, 5) is 31.9. The molecule has 1 aliphatic heterocycles. The van der Waals surface area contributed by atoms with Gasteiger partial charge >= 0.3 is 5.97 Å². The Morgan fingerprint density at radius 1 is 1.14 bits per heavy atom. The zero-order valence-corrected chi connectivity index (χ0v) is 22.2. The Bertz CT molecular complexity index is 1490. The summed E-state index contributed by atoms with van der Waals surface area (Å²) in [5, 5.41) is 1.06. The van der Waals surface area contributed by atoms with Crippen LogP contribution < -0.4 is 19.6 Å². The first-order chi connectivity index (χ1) is 17.3. The van der Waals surface area contributed by atoms with Crippen molar-refractivity contribution in [3.8, 4) is 5.75 Å². The number of ether oxygens (including phenoxy) is 3. The van der Waals surface area contributed by atoms with Crippen LogP contribution in [0, 0.1) is 0 Å². The predicted molar refractivity (Wildman–Crippen MR) is 141 cm³/mol. The van der Waals surface area contributed by atoms with Gasteiger partial charge in [-0.15, -0.1) is 0 Å². The van der Waals surface area contributed by atoms with E-state index in [1.165, 1.54) is 23.0 Å². The van der Waals surface area contributed by atoms with Crippen molar-refractivity contribution >= 4 is 46.6 Å². The molecule has 188 valence electrons. The lowest BCUT2D eigenvalue weighted by Gasteiger charge is -2.24. The van der Waals surface area contributed by atoms with Crippen LogP contribution in [0.2, 0.25) is 10.0 Å². The highest BCUT2D eigenvalue weighted by molar-refractivity contribution is 7.07. The highest BCUT2D eigenvalue weighted by atomic mass is 35.5. The Labute approximate surface area is 221 Å². The largest absolute Gasteiger partial charge is 0.493 e. The lowest BCUT2D eigenvalue weighted by Crippen LogP contribution is -2.40. The third-order valence-electron chi connectivity index (χ3n) is 5.51. The molecule has 36 heavy (non-hydrogen) atoms. The number of thiazole rings is 1. The van der Waals surface area contributed by atoms with Gasteiger partial charge in [0.25, 0.3) is 5.56 Å². The maximum atomic E-state index is 13.7. The van der Waals surface area contributed by atoms with E-state index >= 15 is 0 Å². The number of halogens is 2. The number of hydrogen-bond acceptors (Lipinski definition) is 7. The SMILES string of the molecule is CCOc1ccc(Cl)cc1C=c1sc2n(c1=O)C(c1ccc(Cl)cc1)C(C(=O)OCCOC)=C(C)N=2. The summed E-state index contributed by atoms with van der Waals surface area (Å²) in [7, 11) is 1.52. The van der Waals surface area contributed by atoms with Gasteiger partial charge in [-0.2, -0.15) is 0 Å². The maximum Gasteiger partial charge on any atom is 0.338 e. The molecule has 2 aromatic carbocycles. The number of allylic oxidation sites excluding steroid dienone is 1. The van der Waals surface area contributed by atoms with Crippen molar-refractivity contribution < 1.29 is 19.0 Å². The predicted octanol–water partition coefficient (Wildman–Crippen LogP) is 4.13. The lowest BCUT2D eigenvalue weighted by molar-refractivity contribution is -0.140. The van der Waals surface area contributed by atoms with Gasteiger partial charge in [-0.25, -0.2) is 9.79 Å². The number of esters is 1. The van der Waals surface area contributed by atoms with Gasteiger partial charge in [0, 0.05) is 22.7 Å². The molecule has 1 atom stereocenters. The number of hydrogen-bond donors (Lipinski definition) is 0. The minimum absolute atomic E-state index is 0.0822. The van der Waals surface area contributed by atoms with Gasteiger partial charge in [-0.1, -0.05) is 46.7 Å². The van der Waals surface area contributed by atoms with Crippen LogP contribution in [-0.4, -0.2) is 37.5 Å². The fraction of sp³-hybridized carbons (Fsp3) is 0.269. The number of benzene rings is 2. The number of nitrogens with zero attached hydrogens (tertiary/aromatic N) is 2. The van der Waals surface area contributed by atoms with Gasteiger partial charge in [-0.05, 0) is 55.8 Å². The number of fused-ring (bicyclic) bond motifs is 1. The Morgan fingerprint density at radius 2 is 1.86 bits per heavy atom. The molecule has 1 unspecified atom stereocenters. The average Bonchev–Trinajstić information content (AvgIpc) is 3.15. The summed E-state index contributed by atoms with van der Waals surface area (Å²) in [6.45, 7) is 4.42. The average molecular weight is 547 g/mol. The van der Waals surface area contributed by atoms with Crippen molar-refractivity contribution in [3.63, 3.8) is 0 Å². The molecule has 0 radical (unpaired) electrons. The molecule has 0 fully saturated rings. The normalized spacial score (nSPS) is 15.5. The molecule has 0 saturated carbocycles. The molecule has 4 rings (SSSR count). The van der Waals surface area contributed by atoms with Gasteiger partial charge in [0.1, 0.15) is 12.4 Å². The van der Waals surface area contributed by atoms with Crippen molar-refractivity contribution in [2.75, 3.05) is 26.9 Å². The zero-order valence-electron chi connectivity index (χ0n) is 19.9. The summed E-state index contributed by atoms with van der Waals surface area (Å²) in [5.74, 6) is 0.0524. The van der Waals surface area contributed by atoms with E-state index in [2.05, 4.69) is 4.99 Å². The molecule has 0 spiro atoms. The first kappa shape index (κ1) is 26.2. The quantitative estimate of drug-likeness (QED) is 0.313. The second kappa shape index (κ2) is 11.4. The summed E-state index contributed by atoms with van der Waals surface area (Å²) in [6, 6.07) is 11.5. The Morgan fingerprint density at radius 3 is 2.56 bits per heavy atom. The van der Waals surface area contributed by atoms with Crippen LogP contribution in [0.5, 0.6) is 5.75 Å².